The molecule has 0 spiro atoms. The van der Waals surface area contributed by atoms with E-state index in [4.69, 9.17) is 19.5 Å². The van der Waals surface area contributed by atoms with Gasteiger partial charge in [0.1, 0.15) is 11.5 Å². The van der Waals surface area contributed by atoms with Gasteiger partial charge in [0.2, 0.25) is 0 Å². The average molecular weight is 613 g/mol. The SMILES string of the molecule is COc1ccc(C(=O)/C2=C(\C)Nc3ccccc3N=C(C)/C(C(=O)c3ccc(OC)cc3)=C(/C)Nc3ccccc3N=C2C)cc1. The first-order valence-corrected chi connectivity index (χ1v) is 14.8. The summed E-state index contributed by atoms with van der Waals surface area (Å²) >= 11 is 0. The van der Waals surface area contributed by atoms with Crippen LogP contribution < -0.4 is 20.1 Å². The summed E-state index contributed by atoms with van der Waals surface area (Å²) in [5.74, 6) is 0.943. The number of nitrogens with one attached hydrogen (secondary N) is 2. The molecule has 1 heterocycles. The highest BCUT2D eigenvalue weighted by molar-refractivity contribution is 6.29. The van der Waals surface area contributed by atoms with Crippen molar-refractivity contribution < 1.29 is 19.1 Å². The van der Waals surface area contributed by atoms with Crippen molar-refractivity contribution in [2.75, 3.05) is 24.9 Å². The normalized spacial score (nSPS) is 16.7. The van der Waals surface area contributed by atoms with E-state index in [1.807, 2.05) is 76.2 Å². The van der Waals surface area contributed by atoms with Gasteiger partial charge < -0.3 is 20.1 Å². The summed E-state index contributed by atoms with van der Waals surface area (Å²) in [5, 5.41) is 6.86. The predicted octanol–water partition coefficient (Wildman–Crippen LogP) is 8.74. The summed E-state index contributed by atoms with van der Waals surface area (Å²) in [7, 11) is 3.17. The monoisotopic (exact) mass is 612 g/mol. The zero-order valence-corrected chi connectivity index (χ0v) is 26.8. The largest absolute Gasteiger partial charge is 0.497 e. The van der Waals surface area contributed by atoms with E-state index >= 15 is 0 Å². The number of para-hydroxylation sites is 4. The van der Waals surface area contributed by atoms with Crippen LogP contribution in [0.3, 0.4) is 0 Å². The van der Waals surface area contributed by atoms with Gasteiger partial charge >= 0.3 is 0 Å². The molecule has 0 aliphatic carbocycles. The smallest absolute Gasteiger partial charge is 0.196 e. The summed E-state index contributed by atoms with van der Waals surface area (Å²) in [6, 6.07) is 29.1. The Morgan fingerprint density at radius 2 is 0.870 bits per heavy atom. The van der Waals surface area contributed by atoms with E-state index in [2.05, 4.69) is 10.6 Å². The molecule has 0 aromatic heterocycles. The molecule has 0 saturated heterocycles. The van der Waals surface area contributed by atoms with E-state index in [-0.39, 0.29) is 11.6 Å². The molecule has 1 aliphatic rings. The van der Waals surface area contributed by atoms with Crippen LogP contribution in [-0.4, -0.2) is 37.2 Å². The number of carbonyl (C=O) groups is 2. The highest BCUT2D eigenvalue weighted by Crippen LogP contribution is 2.32. The Hall–Kier alpha value is -5.76. The van der Waals surface area contributed by atoms with Crippen LogP contribution >= 0.6 is 0 Å². The lowest BCUT2D eigenvalue weighted by molar-refractivity contribution is 0.103. The van der Waals surface area contributed by atoms with Crippen molar-refractivity contribution in [3.63, 3.8) is 0 Å². The molecule has 4 aromatic carbocycles. The van der Waals surface area contributed by atoms with Crippen LogP contribution in [0.25, 0.3) is 0 Å². The second-order valence-electron chi connectivity index (χ2n) is 10.8. The molecule has 8 nitrogen and oxygen atoms in total. The molecule has 4 aromatic rings. The molecule has 232 valence electrons. The summed E-state index contributed by atoms with van der Waals surface area (Å²) < 4.78 is 10.6. The lowest BCUT2D eigenvalue weighted by atomic mass is 9.97. The third-order valence-electron chi connectivity index (χ3n) is 7.66. The molecule has 46 heavy (non-hydrogen) atoms. The van der Waals surface area contributed by atoms with E-state index in [0.29, 0.717) is 79.3 Å². The number of fused-ring (bicyclic) bond motifs is 2. The molecule has 5 rings (SSSR count). The van der Waals surface area contributed by atoms with Crippen molar-refractivity contribution in [3.8, 4) is 11.5 Å². The molecule has 8 heteroatoms. The van der Waals surface area contributed by atoms with Crippen molar-refractivity contribution in [2.24, 2.45) is 9.98 Å². The van der Waals surface area contributed by atoms with Crippen molar-refractivity contribution in [3.05, 3.63) is 131 Å². The molecule has 0 saturated carbocycles. The van der Waals surface area contributed by atoms with Crippen LogP contribution in [-0.2, 0) is 0 Å². The highest BCUT2D eigenvalue weighted by atomic mass is 16.5. The minimum absolute atomic E-state index is 0.188. The van der Waals surface area contributed by atoms with Crippen LogP contribution in [0.2, 0.25) is 0 Å². The van der Waals surface area contributed by atoms with E-state index in [1.165, 1.54) is 0 Å². The van der Waals surface area contributed by atoms with Crippen molar-refractivity contribution in [1.82, 2.24) is 0 Å². The number of Topliss-reactive ketones (excluding diaryl/α,β-unsaturated/α-hetero) is 2. The van der Waals surface area contributed by atoms with Crippen LogP contribution in [0.5, 0.6) is 11.5 Å². The lowest BCUT2D eigenvalue weighted by Gasteiger charge is -2.19. The summed E-state index contributed by atoms with van der Waals surface area (Å²) in [6.07, 6.45) is 0. The van der Waals surface area contributed by atoms with Gasteiger partial charge in [-0.2, -0.15) is 0 Å². The molecule has 1 aliphatic heterocycles. The van der Waals surface area contributed by atoms with Gasteiger partial charge in [-0.1, -0.05) is 24.3 Å². The number of nitrogens with zero attached hydrogens (tertiary/aromatic N) is 2. The van der Waals surface area contributed by atoms with Gasteiger partial charge in [-0.25, -0.2) is 0 Å². The predicted molar refractivity (Wildman–Crippen MR) is 186 cm³/mol. The number of allylic oxidation sites excluding steroid dienone is 4. The quantitative estimate of drug-likeness (QED) is 0.211. The van der Waals surface area contributed by atoms with Crippen LogP contribution in [0.4, 0.5) is 22.7 Å². The summed E-state index contributed by atoms with van der Waals surface area (Å²) in [5.41, 5.74) is 6.66. The standard InChI is InChI=1S/C38H36N4O4/c1-23-35(37(43)27-15-19-29(45-5)20-16-27)24(2)40-33-13-9-10-14-34(33)42-26(4)36(38(44)28-17-21-30(46-6)22-18-28)25(3)41-32-12-8-7-11-31(32)39-23/h7-22,39,42H,1-6H3/b35-23+,36-26+,40-24?,41-25?. The number of carbonyl (C=O) groups excluding carboxylic acids is 2. The fourth-order valence-corrected chi connectivity index (χ4v) is 5.34. The number of anilines is 2. The molecule has 2 N–H and O–H groups in total. The Balaban J connectivity index is 1.71. The minimum atomic E-state index is -0.188. The molecule has 0 unspecified atom stereocenters. The Morgan fingerprint density at radius 3 is 1.22 bits per heavy atom. The number of methoxy groups -OCH3 is 2. The summed E-state index contributed by atoms with van der Waals surface area (Å²) in [4.78, 5) is 38.0. The Labute approximate surface area is 269 Å². The molecular weight excluding hydrogens is 576 g/mol. The number of hydrogen-bond donors (Lipinski definition) is 2. The van der Waals surface area contributed by atoms with Gasteiger partial charge in [0.15, 0.2) is 11.6 Å². The fraction of sp³-hybridized carbons (Fsp3) is 0.158. The maximum atomic E-state index is 14.1. The molecule has 0 amide bonds. The number of rotatable bonds is 6. The number of hydrogen-bond acceptors (Lipinski definition) is 8. The second-order valence-corrected chi connectivity index (χ2v) is 10.8. The maximum absolute atomic E-state index is 14.1. The van der Waals surface area contributed by atoms with Crippen LogP contribution in [0.1, 0.15) is 48.4 Å². The highest BCUT2D eigenvalue weighted by Gasteiger charge is 2.23. The first kappa shape index (κ1) is 31.7. The Bertz CT molecular complexity index is 1780. The molecule has 0 bridgehead atoms. The summed E-state index contributed by atoms with van der Waals surface area (Å²) in [6.45, 7) is 7.34. The first-order valence-electron chi connectivity index (χ1n) is 14.8. The third kappa shape index (κ3) is 6.81. The van der Waals surface area contributed by atoms with Gasteiger partial charge in [0.05, 0.1) is 59.5 Å². The van der Waals surface area contributed by atoms with E-state index in [1.54, 1.807) is 62.8 Å². The van der Waals surface area contributed by atoms with Crippen molar-refractivity contribution in [1.29, 1.82) is 0 Å². The van der Waals surface area contributed by atoms with Crippen molar-refractivity contribution >= 4 is 45.7 Å². The number of ether oxygens (including phenoxy) is 2. The van der Waals surface area contributed by atoms with Crippen LogP contribution in [0, 0.1) is 0 Å². The third-order valence-corrected chi connectivity index (χ3v) is 7.66. The topological polar surface area (TPSA) is 101 Å². The molecule has 0 atom stereocenters. The number of ketones is 2. The second kappa shape index (κ2) is 13.9. The van der Waals surface area contributed by atoms with Gasteiger partial charge in [-0.05, 0) is 100 Å². The maximum Gasteiger partial charge on any atom is 0.196 e. The fourth-order valence-electron chi connectivity index (χ4n) is 5.34. The van der Waals surface area contributed by atoms with E-state index in [9.17, 15) is 9.59 Å². The zero-order valence-electron chi connectivity index (χ0n) is 26.8. The van der Waals surface area contributed by atoms with Gasteiger partial charge in [0, 0.05) is 22.5 Å². The molecule has 0 fully saturated rings. The van der Waals surface area contributed by atoms with Gasteiger partial charge in [-0.3, -0.25) is 19.6 Å². The molecule has 0 radical (unpaired) electrons. The van der Waals surface area contributed by atoms with Crippen molar-refractivity contribution in [2.45, 2.75) is 27.7 Å². The molecular formula is C38H36N4O4. The minimum Gasteiger partial charge on any atom is -0.497 e. The van der Waals surface area contributed by atoms with Gasteiger partial charge in [0.25, 0.3) is 0 Å². The van der Waals surface area contributed by atoms with E-state index < -0.39 is 0 Å². The van der Waals surface area contributed by atoms with Gasteiger partial charge in [-0.15, -0.1) is 0 Å². The Morgan fingerprint density at radius 1 is 0.522 bits per heavy atom. The lowest BCUT2D eigenvalue weighted by Crippen LogP contribution is -2.18. The zero-order chi connectivity index (χ0) is 32.8. The Kier molecular flexibility index (Phi) is 9.57. The first-order chi connectivity index (χ1) is 22.2. The average Bonchev–Trinajstić information content (AvgIpc) is 3.06. The van der Waals surface area contributed by atoms with Crippen LogP contribution in [0.15, 0.2) is 130 Å². The van der Waals surface area contributed by atoms with E-state index in [0.717, 1.165) is 0 Å². The number of benzene rings is 4. The number of aliphatic imine (C=N–C) groups is 2.